The molecule has 0 aliphatic carbocycles. The van der Waals surface area contributed by atoms with E-state index in [-0.39, 0.29) is 5.91 Å². The molecule has 7 heteroatoms. The van der Waals surface area contributed by atoms with E-state index in [1.807, 2.05) is 16.5 Å². The third-order valence-electron chi connectivity index (χ3n) is 3.61. The number of amides is 1. The fourth-order valence-corrected chi connectivity index (χ4v) is 2.34. The maximum absolute atomic E-state index is 12.1. The molecule has 22 heavy (non-hydrogen) atoms. The first-order chi connectivity index (χ1) is 10.7. The van der Waals surface area contributed by atoms with Crippen molar-refractivity contribution in [1.29, 1.82) is 5.26 Å². The van der Waals surface area contributed by atoms with E-state index in [0.29, 0.717) is 44.8 Å². The summed E-state index contributed by atoms with van der Waals surface area (Å²) in [5.74, 6) is 0.678. The molecular formula is C15H19N5O2. The fourth-order valence-electron chi connectivity index (χ4n) is 2.34. The van der Waals surface area contributed by atoms with Gasteiger partial charge in [-0.2, -0.15) is 5.26 Å². The summed E-state index contributed by atoms with van der Waals surface area (Å²) < 4.78 is 1.84. The van der Waals surface area contributed by atoms with Gasteiger partial charge in [0, 0.05) is 38.7 Å². The first-order valence-electron chi connectivity index (χ1n) is 7.16. The van der Waals surface area contributed by atoms with E-state index in [0.717, 1.165) is 12.1 Å². The Hall–Kier alpha value is -2.46. The molecule has 1 aromatic rings. The minimum atomic E-state index is -0.0596. The Morgan fingerprint density at radius 3 is 3.09 bits per heavy atom. The monoisotopic (exact) mass is 301 g/mol. The number of likely N-dealkylation sites (N-methyl/N-ethyl adjacent to an activating group) is 1. The lowest BCUT2D eigenvalue weighted by Gasteiger charge is -2.27. The van der Waals surface area contributed by atoms with Gasteiger partial charge in [-0.3, -0.25) is 9.59 Å². The smallest absolute Gasteiger partial charge is 0.246 e. The largest absolute Gasteiger partial charge is 0.330 e. The van der Waals surface area contributed by atoms with Gasteiger partial charge in [0.15, 0.2) is 6.29 Å². The number of imidazole rings is 1. The highest BCUT2D eigenvalue weighted by atomic mass is 16.2. The van der Waals surface area contributed by atoms with Gasteiger partial charge in [0.05, 0.1) is 18.8 Å². The summed E-state index contributed by atoms with van der Waals surface area (Å²) in [6, 6.07) is 2.09. The van der Waals surface area contributed by atoms with Crippen molar-refractivity contribution in [2.45, 2.75) is 19.5 Å². The second-order valence-corrected chi connectivity index (χ2v) is 5.20. The number of aldehydes is 1. The third kappa shape index (κ3) is 3.80. The van der Waals surface area contributed by atoms with Crippen LogP contribution in [0.25, 0.3) is 0 Å². The van der Waals surface area contributed by atoms with Gasteiger partial charge in [0.25, 0.3) is 0 Å². The molecule has 0 radical (unpaired) electrons. The second-order valence-electron chi connectivity index (χ2n) is 5.20. The van der Waals surface area contributed by atoms with Crippen molar-refractivity contribution in [3.8, 4) is 6.07 Å². The number of fused-ring (bicyclic) bond motifs is 1. The lowest BCUT2D eigenvalue weighted by molar-refractivity contribution is -0.127. The fraction of sp³-hybridized carbons (Fsp3) is 0.467. The second kappa shape index (κ2) is 7.52. The normalized spacial score (nSPS) is 14.1. The molecule has 0 spiro atoms. The highest BCUT2D eigenvalue weighted by Gasteiger charge is 2.21. The Balaban J connectivity index is 1.86. The number of carbonyl (C=O) groups excluding carboxylic acids is 2. The predicted octanol–water partition coefficient (Wildman–Crippen LogP) is 0.439. The Kier molecular flexibility index (Phi) is 5.44. The van der Waals surface area contributed by atoms with Crippen LogP contribution in [0.5, 0.6) is 0 Å². The van der Waals surface area contributed by atoms with Crippen molar-refractivity contribution < 1.29 is 9.59 Å². The summed E-state index contributed by atoms with van der Waals surface area (Å²) in [5.41, 5.74) is 0.553. The molecule has 2 rings (SSSR count). The van der Waals surface area contributed by atoms with Gasteiger partial charge < -0.3 is 14.4 Å². The molecule has 0 unspecified atom stereocenters. The number of nitriles is 1. The molecule has 0 N–H and O–H groups in total. The molecule has 116 valence electrons. The van der Waals surface area contributed by atoms with Gasteiger partial charge in [-0.15, -0.1) is 0 Å². The lowest BCUT2D eigenvalue weighted by atomic mass is 10.3. The van der Waals surface area contributed by atoms with Gasteiger partial charge >= 0.3 is 0 Å². The van der Waals surface area contributed by atoms with E-state index in [9.17, 15) is 9.59 Å². The van der Waals surface area contributed by atoms with Crippen molar-refractivity contribution in [2.75, 3.05) is 26.7 Å². The van der Waals surface area contributed by atoms with Gasteiger partial charge in [-0.25, -0.2) is 4.98 Å². The maximum atomic E-state index is 12.1. The number of rotatable bonds is 6. The summed E-state index contributed by atoms with van der Waals surface area (Å²) in [4.78, 5) is 30.9. The number of nitrogens with zero attached hydrogens (tertiary/aromatic N) is 5. The first kappa shape index (κ1) is 15.9. The van der Waals surface area contributed by atoms with E-state index in [2.05, 4.69) is 11.1 Å². The molecule has 0 fully saturated rings. The lowest BCUT2D eigenvalue weighted by Crippen LogP contribution is -2.38. The zero-order valence-electron chi connectivity index (χ0n) is 12.6. The molecule has 0 aromatic carbocycles. The topological polar surface area (TPSA) is 82.2 Å². The van der Waals surface area contributed by atoms with Crippen LogP contribution in [0.3, 0.4) is 0 Å². The molecule has 0 bridgehead atoms. The van der Waals surface area contributed by atoms with Crippen LogP contribution in [0, 0.1) is 11.3 Å². The number of hydrogen-bond donors (Lipinski definition) is 0. The van der Waals surface area contributed by atoms with Gasteiger partial charge in [0.1, 0.15) is 11.5 Å². The quantitative estimate of drug-likeness (QED) is 0.562. The standard InChI is InChI=1S/C15H19N5O2/c1-18(7-3-5-16)6-2-4-15(22)19-8-9-20-13(12-21)10-17-14(20)11-19/h2,4,10,12H,3,6-9,11H2,1H3/b4-2+. The highest BCUT2D eigenvalue weighted by molar-refractivity contribution is 5.87. The Morgan fingerprint density at radius 1 is 1.55 bits per heavy atom. The minimum Gasteiger partial charge on any atom is -0.330 e. The van der Waals surface area contributed by atoms with E-state index >= 15 is 0 Å². The number of aromatic nitrogens is 2. The molecule has 2 heterocycles. The van der Waals surface area contributed by atoms with Crippen molar-refractivity contribution in [1.82, 2.24) is 19.4 Å². The van der Waals surface area contributed by atoms with Crippen LogP contribution in [0.2, 0.25) is 0 Å². The van der Waals surface area contributed by atoms with Crippen molar-refractivity contribution in [3.63, 3.8) is 0 Å². The molecule has 1 aliphatic heterocycles. The van der Waals surface area contributed by atoms with Gasteiger partial charge in [-0.05, 0) is 7.05 Å². The molecule has 1 aliphatic rings. The summed E-state index contributed by atoms with van der Waals surface area (Å²) in [7, 11) is 1.91. The van der Waals surface area contributed by atoms with E-state index in [1.165, 1.54) is 6.20 Å². The number of hydrogen-bond acceptors (Lipinski definition) is 5. The van der Waals surface area contributed by atoms with Crippen LogP contribution < -0.4 is 0 Å². The van der Waals surface area contributed by atoms with Crippen molar-refractivity contribution in [3.05, 3.63) is 29.9 Å². The van der Waals surface area contributed by atoms with Crippen LogP contribution in [-0.4, -0.2) is 58.2 Å². The molecular weight excluding hydrogens is 282 g/mol. The molecule has 1 amide bonds. The molecule has 0 atom stereocenters. The van der Waals surface area contributed by atoms with E-state index in [1.54, 1.807) is 17.1 Å². The van der Waals surface area contributed by atoms with Crippen molar-refractivity contribution in [2.24, 2.45) is 0 Å². The number of carbonyl (C=O) groups is 2. The zero-order chi connectivity index (χ0) is 15.9. The Labute approximate surface area is 129 Å². The summed E-state index contributed by atoms with van der Waals surface area (Å²) in [6.07, 6.45) is 6.16. The van der Waals surface area contributed by atoms with Crippen LogP contribution in [0.1, 0.15) is 22.7 Å². The Morgan fingerprint density at radius 2 is 2.36 bits per heavy atom. The zero-order valence-corrected chi connectivity index (χ0v) is 12.6. The highest BCUT2D eigenvalue weighted by Crippen LogP contribution is 2.13. The molecule has 0 saturated heterocycles. The SMILES string of the molecule is CN(C/C=C/C(=O)N1CCn2c(C=O)cnc2C1)CCC#N. The summed E-state index contributed by atoms with van der Waals surface area (Å²) >= 11 is 0. The Bertz CT molecular complexity index is 614. The summed E-state index contributed by atoms with van der Waals surface area (Å²) in [5, 5.41) is 8.51. The van der Waals surface area contributed by atoms with Gasteiger partial charge in [-0.1, -0.05) is 6.08 Å². The minimum absolute atomic E-state index is 0.0596. The van der Waals surface area contributed by atoms with Crippen LogP contribution in [-0.2, 0) is 17.9 Å². The average molecular weight is 301 g/mol. The third-order valence-corrected chi connectivity index (χ3v) is 3.61. The average Bonchev–Trinajstić information content (AvgIpc) is 2.94. The molecule has 1 aromatic heterocycles. The maximum Gasteiger partial charge on any atom is 0.246 e. The molecule has 0 saturated carbocycles. The van der Waals surface area contributed by atoms with E-state index < -0.39 is 0 Å². The van der Waals surface area contributed by atoms with Crippen LogP contribution in [0.15, 0.2) is 18.3 Å². The predicted molar refractivity (Wildman–Crippen MR) is 79.9 cm³/mol. The first-order valence-corrected chi connectivity index (χ1v) is 7.16. The van der Waals surface area contributed by atoms with Gasteiger partial charge in [0.2, 0.25) is 5.91 Å². The van der Waals surface area contributed by atoms with E-state index in [4.69, 9.17) is 5.26 Å². The summed E-state index contributed by atoms with van der Waals surface area (Å²) in [6.45, 7) is 2.89. The van der Waals surface area contributed by atoms with Crippen LogP contribution >= 0.6 is 0 Å². The van der Waals surface area contributed by atoms with Crippen LogP contribution in [0.4, 0.5) is 0 Å². The van der Waals surface area contributed by atoms with Crippen molar-refractivity contribution >= 4 is 12.2 Å². The molecule has 7 nitrogen and oxygen atoms in total.